The van der Waals surface area contributed by atoms with Gasteiger partial charge in [-0.1, -0.05) is 6.07 Å². The van der Waals surface area contributed by atoms with Crippen LogP contribution in [0.5, 0.6) is 11.5 Å². The lowest BCUT2D eigenvalue weighted by atomic mass is 10.3. The third kappa shape index (κ3) is 5.46. The van der Waals surface area contributed by atoms with Crippen LogP contribution in [0.2, 0.25) is 0 Å². The number of amides is 1. The maximum atomic E-state index is 11.8. The summed E-state index contributed by atoms with van der Waals surface area (Å²) in [4.78, 5) is 23.5. The minimum atomic E-state index is -0.200. The normalized spacial score (nSPS) is 10.2. The van der Waals surface area contributed by atoms with Crippen LogP contribution >= 0.6 is 0 Å². The first-order valence-corrected chi connectivity index (χ1v) is 7.79. The van der Waals surface area contributed by atoms with E-state index in [-0.39, 0.29) is 18.1 Å². The minimum absolute atomic E-state index is 0.0253. The Hall–Kier alpha value is -2.76. The second kappa shape index (κ2) is 8.76. The van der Waals surface area contributed by atoms with E-state index in [1.165, 1.54) is 0 Å². The number of aromatic nitrogens is 1. The van der Waals surface area contributed by atoms with Crippen molar-refractivity contribution in [1.82, 2.24) is 9.88 Å². The van der Waals surface area contributed by atoms with Crippen LogP contribution in [0, 0.1) is 6.92 Å². The molecule has 1 aromatic heterocycles. The number of carbonyl (C=O) groups excluding carboxylic acids is 1. The molecule has 1 amide bonds. The first kappa shape index (κ1) is 17.6. The maximum absolute atomic E-state index is 11.8. The molecule has 0 fully saturated rings. The molecule has 1 aromatic carbocycles. The molecule has 0 aliphatic heterocycles. The quantitative estimate of drug-likeness (QED) is 0.749. The van der Waals surface area contributed by atoms with Gasteiger partial charge in [0.2, 0.25) is 0 Å². The molecule has 0 aliphatic carbocycles. The van der Waals surface area contributed by atoms with Gasteiger partial charge in [-0.15, -0.1) is 0 Å². The topological polar surface area (TPSA) is 69.6 Å². The van der Waals surface area contributed by atoms with Crippen LogP contribution < -0.4 is 20.3 Å². The van der Waals surface area contributed by atoms with Crippen LogP contribution in [0.15, 0.2) is 47.4 Å². The fraction of sp³-hybridized carbons (Fsp3) is 0.333. The Kier molecular flexibility index (Phi) is 6.42. The van der Waals surface area contributed by atoms with Gasteiger partial charge in [0.25, 0.3) is 11.5 Å². The lowest BCUT2D eigenvalue weighted by molar-refractivity contribution is -0.123. The summed E-state index contributed by atoms with van der Waals surface area (Å²) in [6, 6.07) is 10.6. The summed E-state index contributed by atoms with van der Waals surface area (Å²) in [5, 5.41) is 2.77. The fourth-order valence-electron chi connectivity index (χ4n) is 2.16. The fourth-order valence-corrected chi connectivity index (χ4v) is 2.16. The zero-order chi connectivity index (χ0) is 17.4. The number of ether oxygens (including phenoxy) is 2. The molecule has 24 heavy (non-hydrogen) atoms. The lowest BCUT2D eigenvalue weighted by Crippen LogP contribution is -2.30. The van der Waals surface area contributed by atoms with E-state index in [0.29, 0.717) is 31.0 Å². The van der Waals surface area contributed by atoms with Gasteiger partial charge in [-0.25, -0.2) is 0 Å². The highest BCUT2D eigenvalue weighted by Crippen LogP contribution is 2.18. The summed E-state index contributed by atoms with van der Waals surface area (Å²) in [5.74, 6) is 1.06. The van der Waals surface area contributed by atoms with Crippen molar-refractivity contribution in [2.75, 3.05) is 20.3 Å². The molecule has 0 saturated carbocycles. The molecule has 0 unspecified atom stereocenters. The van der Waals surface area contributed by atoms with Crippen molar-refractivity contribution in [3.8, 4) is 11.5 Å². The average molecular weight is 330 g/mol. The van der Waals surface area contributed by atoms with Gasteiger partial charge < -0.3 is 19.4 Å². The molecule has 0 radical (unpaired) electrons. The Morgan fingerprint density at radius 3 is 2.75 bits per heavy atom. The third-order valence-electron chi connectivity index (χ3n) is 3.46. The highest BCUT2D eigenvalue weighted by molar-refractivity contribution is 5.77. The number of hydrogen-bond donors (Lipinski definition) is 1. The first-order chi connectivity index (χ1) is 11.6. The average Bonchev–Trinajstić information content (AvgIpc) is 2.58. The van der Waals surface area contributed by atoms with Gasteiger partial charge in [-0.05, 0) is 37.1 Å². The molecule has 0 bridgehead atoms. The van der Waals surface area contributed by atoms with Crippen molar-refractivity contribution < 1.29 is 14.3 Å². The van der Waals surface area contributed by atoms with Gasteiger partial charge in [0.1, 0.15) is 11.5 Å². The van der Waals surface area contributed by atoms with Gasteiger partial charge in [0.05, 0.1) is 7.11 Å². The Bertz CT molecular complexity index is 740. The molecule has 2 aromatic rings. The first-order valence-electron chi connectivity index (χ1n) is 7.79. The van der Waals surface area contributed by atoms with Crippen LogP contribution in [0.3, 0.4) is 0 Å². The van der Waals surface area contributed by atoms with Crippen molar-refractivity contribution >= 4 is 5.91 Å². The predicted molar refractivity (Wildman–Crippen MR) is 91.6 cm³/mol. The Morgan fingerprint density at radius 2 is 2.00 bits per heavy atom. The highest BCUT2D eigenvalue weighted by atomic mass is 16.5. The van der Waals surface area contributed by atoms with E-state index in [9.17, 15) is 9.59 Å². The number of nitrogens with zero attached hydrogens (tertiary/aromatic N) is 1. The van der Waals surface area contributed by atoms with Gasteiger partial charge >= 0.3 is 0 Å². The van der Waals surface area contributed by atoms with Crippen molar-refractivity contribution in [3.63, 3.8) is 0 Å². The molecule has 6 nitrogen and oxygen atoms in total. The number of rotatable bonds is 8. The van der Waals surface area contributed by atoms with Crippen LogP contribution in [0.4, 0.5) is 0 Å². The Morgan fingerprint density at radius 1 is 1.21 bits per heavy atom. The summed E-state index contributed by atoms with van der Waals surface area (Å²) in [5.41, 5.74) is 0.918. The third-order valence-corrected chi connectivity index (χ3v) is 3.46. The predicted octanol–water partition coefficient (Wildman–Crippen LogP) is 1.75. The second-order valence-electron chi connectivity index (χ2n) is 5.41. The van der Waals surface area contributed by atoms with Crippen LogP contribution in [-0.4, -0.2) is 30.7 Å². The molecule has 0 atom stereocenters. The van der Waals surface area contributed by atoms with E-state index in [2.05, 4.69) is 5.32 Å². The van der Waals surface area contributed by atoms with E-state index in [1.807, 2.05) is 13.0 Å². The van der Waals surface area contributed by atoms with Gasteiger partial charge in [-0.3, -0.25) is 9.59 Å². The minimum Gasteiger partial charge on any atom is -0.497 e. The standard InChI is InChI=1S/C18H22N2O4/c1-14-7-10-20(18(22)11-14)9-4-8-19-17(21)13-24-16-6-3-5-15(12-16)23-2/h3,5-7,10-12H,4,8-9,13H2,1-2H3,(H,19,21). The lowest BCUT2D eigenvalue weighted by Gasteiger charge is -2.09. The molecule has 2 rings (SSSR count). The van der Waals surface area contributed by atoms with Crippen LogP contribution in [-0.2, 0) is 11.3 Å². The van der Waals surface area contributed by atoms with Gasteiger partial charge in [0.15, 0.2) is 6.61 Å². The van der Waals surface area contributed by atoms with Gasteiger partial charge in [0, 0.05) is 31.4 Å². The molecular weight excluding hydrogens is 308 g/mol. The Balaban J connectivity index is 1.68. The number of pyridine rings is 1. The summed E-state index contributed by atoms with van der Waals surface area (Å²) in [6.45, 7) is 2.88. The molecule has 0 saturated heterocycles. The number of carbonyl (C=O) groups is 1. The monoisotopic (exact) mass is 330 g/mol. The van der Waals surface area contributed by atoms with Crippen molar-refractivity contribution in [2.45, 2.75) is 19.9 Å². The van der Waals surface area contributed by atoms with Crippen LogP contribution in [0.25, 0.3) is 0 Å². The van der Waals surface area contributed by atoms with Crippen molar-refractivity contribution in [1.29, 1.82) is 0 Å². The molecule has 1 heterocycles. The molecule has 1 N–H and O–H groups in total. The number of methoxy groups -OCH3 is 1. The summed E-state index contributed by atoms with van der Waals surface area (Å²) < 4.78 is 12.1. The number of hydrogen-bond acceptors (Lipinski definition) is 4. The SMILES string of the molecule is COc1cccc(OCC(=O)NCCCn2ccc(C)cc2=O)c1. The molecule has 0 spiro atoms. The van der Waals surface area contributed by atoms with E-state index < -0.39 is 0 Å². The van der Waals surface area contributed by atoms with Crippen molar-refractivity contribution in [2.24, 2.45) is 0 Å². The second-order valence-corrected chi connectivity index (χ2v) is 5.41. The molecule has 0 aliphatic rings. The zero-order valence-corrected chi connectivity index (χ0v) is 14.0. The summed E-state index contributed by atoms with van der Waals surface area (Å²) in [7, 11) is 1.57. The van der Waals surface area contributed by atoms with E-state index in [1.54, 1.807) is 48.2 Å². The molecule has 6 heteroatoms. The Labute approximate surface area is 141 Å². The zero-order valence-electron chi connectivity index (χ0n) is 14.0. The number of nitrogens with one attached hydrogen (secondary N) is 1. The van der Waals surface area contributed by atoms with Crippen LogP contribution in [0.1, 0.15) is 12.0 Å². The number of benzene rings is 1. The largest absolute Gasteiger partial charge is 0.497 e. The molecular formula is C18H22N2O4. The van der Waals surface area contributed by atoms with Gasteiger partial charge in [-0.2, -0.15) is 0 Å². The summed E-state index contributed by atoms with van der Waals surface area (Å²) in [6.07, 6.45) is 2.44. The number of aryl methyl sites for hydroxylation is 2. The van der Waals surface area contributed by atoms with E-state index >= 15 is 0 Å². The highest BCUT2D eigenvalue weighted by Gasteiger charge is 2.03. The summed E-state index contributed by atoms with van der Waals surface area (Å²) >= 11 is 0. The smallest absolute Gasteiger partial charge is 0.257 e. The van der Waals surface area contributed by atoms with E-state index in [0.717, 1.165) is 5.56 Å². The van der Waals surface area contributed by atoms with E-state index in [4.69, 9.17) is 9.47 Å². The van der Waals surface area contributed by atoms with Crippen molar-refractivity contribution in [3.05, 3.63) is 58.5 Å². The molecule has 128 valence electrons. The maximum Gasteiger partial charge on any atom is 0.257 e.